The van der Waals surface area contributed by atoms with Crippen LogP contribution in [0.15, 0.2) is 95.8 Å². The Morgan fingerprint density at radius 3 is 2.60 bits per heavy atom. The zero-order chi connectivity index (χ0) is 40.5. The van der Waals surface area contributed by atoms with Crippen LogP contribution in [-0.4, -0.2) is 90.1 Å². The second-order valence-electron chi connectivity index (χ2n) is 14.1. The van der Waals surface area contributed by atoms with Crippen molar-refractivity contribution in [3.05, 3.63) is 134 Å². The van der Waals surface area contributed by atoms with Crippen molar-refractivity contribution >= 4 is 34.4 Å². The second kappa shape index (κ2) is 18.7. The average Bonchev–Trinajstić information content (AvgIpc) is 3.21. The normalized spacial score (nSPS) is 16.1. The molecule has 1 aromatic heterocycles. The van der Waals surface area contributed by atoms with Crippen LogP contribution in [0.4, 0.5) is 0 Å². The molecule has 0 saturated carbocycles. The summed E-state index contributed by atoms with van der Waals surface area (Å²) in [6, 6.07) is 24.5. The van der Waals surface area contributed by atoms with Gasteiger partial charge in [0, 0.05) is 48.8 Å². The van der Waals surface area contributed by atoms with Gasteiger partial charge in [-0.15, -0.1) is 0 Å². The predicted octanol–water partition coefficient (Wildman–Crippen LogP) is 4.79. The number of pyridine rings is 1. The number of carbonyl (C=O) groups excluding carboxylic acids is 2. The highest BCUT2D eigenvalue weighted by atomic mass is 35.5. The number of aromatic amines is 1. The summed E-state index contributed by atoms with van der Waals surface area (Å²) < 4.78 is 17.4. The molecule has 6 N–H and O–H groups in total. The van der Waals surface area contributed by atoms with Crippen molar-refractivity contribution in [1.29, 1.82) is 0 Å². The number of fused-ring (bicyclic) bond motifs is 1. The van der Waals surface area contributed by atoms with Crippen LogP contribution in [0, 0.1) is 0 Å². The molecule has 2 heterocycles. The molecule has 14 heteroatoms. The number of aromatic hydroxyl groups is 1. The number of nitrogens with one attached hydrogen (secondary N) is 3. The number of aliphatic hydroxyl groups excluding tert-OH is 1. The lowest BCUT2D eigenvalue weighted by molar-refractivity contribution is -0.170. The second-order valence-corrected chi connectivity index (χ2v) is 14.5. The minimum Gasteiger partial charge on any atom is -0.506 e. The third-order valence-electron chi connectivity index (χ3n) is 10.0. The Bertz CT molecular complexity index is 2250. The van der Waals surface area contributed by atoms with Crippen LogP contribution in [0.1, 0.15) is 58.0 Å². The molecule has 6 rings (SSSR count). The van der Waals surface area contributed by atoms with Crippen molar-refractivity contribution in [2.75, 3.05) is 46.9 Å². The third kappa shape index (κ3) is 9.75. The molecule has 0 radical (unpaired) electrons. The quantitative estimate of drug-likeness (QED) is 0.0597. The number of H-pyrrole nitrogens is 1. The van der Waals surface area contributed by atoms with Crippen molar-refractivity contribution < 1.29 is 39.1 Å². The summed E-state index contributed by atoms with van der Waals surface area (Å²) in [6.07, 6.45) is 0.780. The van der Waals surface area contributed by atoms with Crippen LogP contribution in [0.5, 0.6) is 17.2 Å². The Balaban J connectivity index is 1.02. The molecule has 1 fully saturated rings. The SMILES string of the molecule is COc1cc(C(=O)NCCCOc2cccc([C@](O)(C(=O)O[C@@H]3CCCN(C)C3)c3ccccc3)c2)c(Cl)cc1CNC[C@H](O)c1ccc(O)c2[nH]c(=O)ccc12. The highest BCUT2D eigenvalue weighted by Gasteiger charge is 2.43. The predicted molar refractivity (Wildman–Crippen MR) is 216 cm³/mol. The van der Waals surface area contributed by atoms with Crippen molar-refractivity contribution in [3.8, 4) is 17.2 Å². The topological polar surface area (TPSA) is 183 Å². The van der Waals surface area contributed by atoms with Crippen molar-refractivity contribution in [2.45, 2.75) is 43.6 Å². The lowest BCUT2D eigenvalue weighted by Gasteiger charge is -2.33. The van der Waals surface area contributed by atoms with E-state index < -0.39 is 23.6 Å². The summed E-state index contributed by atoms with van der Waals surface area (Å²) in [4.78, 5) is 43.3. The van der Waals surface area contributed by atoms with E-state index >= 15 is 0 Å². The summed E-state index contributed by atoms with van der Waals surface area (Å²) in [5.74, 6) is -0.374. The van der Waals surface area contributed by atoms with Gasteiger partial charge in [-0.25, -0.2) is 4.79 Å². The monoisotopic (exact) mass is 798 g/mol. The van der Waals surface area contributed by atoms with Gasteiger partial charge < -0.3 is 50.0 Å². The highest BCUT2D eigenvalue weighted by Crippen LogP contribution is 2.35. The van der Waals surface area contributed by atoms with Crippen molar-refractivity contribution in [1.82, 2.24) is 20.5 Å². The van der Waals surface area contributed by atoms with Gasteiger partial charge in [0.25, 0.3) is 5.91 Å². The number of likely N-dealkylation sites (tertiary alicyclic amines) is 1. The number of amides is 1. The van der Waals surface area contributed by atoms with Gasteiger partial charge in [0.2, 0.25) is 11.2 Å². The lowest BCUT2D eigenvalue weighted by Crippen LogP contribution is -2.44. The molecule has 1 aliphatic rings. The number of esters is 1. The molecule has 1 saturated heterocycles. The number of aliphatic hydroxyl groups is 2. The molecular weight excluding hydrogens is 752 g/mol. The van der Waals surface area contributed by atoms with Crippen LogP contribution < -0.4 is 25.7 Å². The molecule has 4 aromatic carbocycles. The van der Waals surface area contributed by atoms with E-state index in [2.05, 4.69) is 20.5 Å². The number of halogens is 1. The minimum atomic E-state index is -2.05. The van der Waals surface area contributed by atoms with Crippen molar-refractivity contribution in [3.63, 3.8) is 0 Å². The van der Waals surface area contributed by atoms with Crippen LogP contribution in [0.3, 0.4) is 0 Å². The number of benzene rings is 4. The van der Waals surface area contributed by atoms with E-state index in [1.165, 1.54) is 19.2 Å². The zero-order valence-electron chi connectivity index (χ0n) is 31.8. The molecule has 5 aromatic rings. The van der Waals surface area contributed by atoms with E-state index in [1.54, 1.807) is 72.8 Å². The zero-order valence-corrected chi connectivity index (χ0v) is 32.6. The van der Waals surface area contributed by atoms with E-state index in [0.717, 1.165) is 19.4 Å². The average molecular weight is 799 g/mol. The van der Waals surface area contributed by atoms with Gasteiger partial charge in [-0.3, -0.25) is 9.59 Å². The number of phenols is 1. The first-order valence-electron chi connectivity index (χ1n) is 18.8. The van der Waals surface area contributed by atoms with E-state index in [9.17, 15) is 29.7 Å². The Labute approximate surface area is 335 Å². The minimum absolute atomic E-state index is 0.0946. The molecule has 57 heavy (non-hydrogen) atoms. The summed E-state index contributed by atoms with van der Waals surface area (Å²) in [5.41, 5.74) is -0.0558. The van der Waals surface area contributed by atoms with Crippen LogP contribution in [0.25, 0.3) is 10.9 Å². The standard InChI is InChI=1S/C43H47ClN4O9/c1-48-19-7-13-31(26-48)57-42(53)43(54,28-9-4-3-5-10-28)29-11-6-12-30(22-29)56-20-8-18-46-41(52)34-23-38(55-2)27(21-35(34)44)24-45-25-37(50)32-14-16-36(49)40-33(32)15-17-39(51)47-40/h3-6,9-12,14-17,21-23,31,37,45,49-50,54H,7-8,13,18-20,24-26H2,1-2H3,(H,46,52)(H,47,51)/t31-,37+,43+/m1/s1. The molecule has 3 atom stereocenters. The Hall–Kier alpha value is -5.44. The van der Waals surface area contributed by atoms with Gasteiger partial charge in [-0.05, 0) is 80.4 Å². The van der Waals surface area contributed by atoms with Crippen LogP contribution in [0.2, 0.25) is 5.02 Å². The number of nitrogens with zero attached hydrogens (tertiary/aromatic N) is 1. The van der Waals surface area contributed by atoms with Crippen LogP contribution >= 0.6 is 11.6 Å². The van der Waals surface area contributed by atoms with E-state index in [1.807, 2.05) is 13.1 Å². The third-order valence-corrected chi connectivity index (χ3v) is 10.3. The Morgan fingerprint density at radius 1 is 1.04 bits per heavy atom. The molecule has 1 aliphatic heterocycles. The molecule has 1 amide bonds. The first-order chi connectivity index (χ1) is 27.5. The maximum atomic E-state index is 13.7. The fraction of sp³-hybridized carbons (Fsp3) is 0.326. The van der Waals surface area contributed by atoms with Gasteiger partial charge in [0.15, 0.2) is 0 Å². The fourth-order valence-corrected chi connectivity index (χ4v) is 7.28. The van der Waals surface area contributed by atoms with E-state index in [4.69, 9.17) is 25.8 Å². The number of piperidine rings is 1. The molecule has 300 valence electrons. The van der Waals surface area contributed by atoms with E-state index in [-0.39, 0.29) is 59.8 Å². The summed E-state index contributed by atoms with van der Waals surface area (Å²) in [5, 5.41) is 39.9. The summed E-state index contributed by atoms with van der Waals surface area (Å²) in [7, 11) is 3.46. The molecule has 0 aliphatic carbocycles. The summed E-state index contributed by atoms with van der Waals surface area (Å²) in [6.45, 7) is 2.42. The molecule has 0 spiro atoms. The van der Waals surface area contributed by atoms with Gasteiger partial charge in [-0.1, -0.05) is 60.1 Å². The van der Waals surface area contributed by atoms with Gasteiger partial charge in [0.1, 0.15) is 23.4 Å². The van der Waals surface area contributed by atoms with Crippen LogP contribution in [-0.2, 0) is 21.7 Å². The Kier molecular flexibility index (Phi) is 13.5. The molecular formula is C43H47ClN4O9. The van der Waals surface area contributed by atoms with Gasteiger partial charge in [-0.2, -0.15) is 0 Å². The lowest BCUT2D eigenvalue weighted by atomic mass is 9.86. The maximum Gasteiger partial charge on any atom is 0.348 e. The fourth-order valence-electron chi connectivity index (χ4n) is 7.00. The van der Waals surface area contributed by atoms with Gasteiger partial charge >= 0.3 is 5.97 Å². The molecule has 13 nitrogen and oxygen atoms in total. The first kappa shape index (κ1) is 41.2. The smallest absolute Gasteiger partial charge is 0.348 e. The van der Waals surface area contributed by atoms with E-state index in [0.29, 0.717) is 52.1 Å². The summed E-state index contributed by atoms with van der Waals surface area (Å²) >= 11 is 6.56. The number of phenolic OH excluding ortho intramolecular Hbond substituents is 1. The molecule has 0 bridgehead atoms. The first-order valence-corrected chi connectivity index (χ1v) is 19.1. The number of methoxy groups -OCH3 is 1. The number of hydrogen-bond acceptors (Lipinski definition) is 11. The number of rotatable bonds is 16. The highest BCUT2D eigenvalue weighted by molar-refractivity contribution is 6.34. The van der Waals surface area contributed by atoms with Gasteiger partial charge in [0.05, 0.1) is 35.9 Å². The Morgan fingerprint density at radius 2 is 1.82 bits per heavy atom. The molecule has 0 unspecified atom stereocenters. The number of carbonyl (C=O) groups is 2. The maximum absolute atomic E-state index is 13.7. The number of hydrogen-bond donors (Lipinski definition) is 6. The largest absolute Gasteiger partial charge is 0.506 e. The number of ether oxygens (including phenoxy) is 3. The number of likely N-dealkylation sites (N-methyl/N-ethyl adjacent to an activating group) is 1. The number of aromatic nitrogens is 1. The van der Waals surface area contributed by atoms with Crippen molar-refractivity contribution in [2.24, 2.45) is 0 Å².